The molecule has 0 aliphatic heterocycles. The summed E-state index contributed by atoms with van der Waals surface area (Å²) < 4.78 is 0. The molecule has 0 unspecified atom stereocenters. The molecule has 1 aromatic rings. The summed E-state index contributed by atoms with van der Waals surface area (Å²) in [5.74, 6) is -1.16. The van der Waals surface area contributed by atoms with Crippen LogP contribution >= 0.6 is 0 Å². The predicted octanol–water partition coefficient (Wildman–Crippen LogP) is 0.935. The van der Waals surface area contributed by atoms with Crippen molar-refractivity contribution in [2.75, 3.05) is 5.73 Å². The lowest BCUT2D eigenvalue weighted by Gasteiger charge is -2.12. The molecule has 5 heteroatoms. The monoisotopic (exact) mass is 248 g/mol. The summed E-state index contributed by atoms with van der Waals surface area (Å²) in [6, 6.07) is 7.30. The zero-order chi connectivity index (χ0) is 13.2. The number of carboxylic acid groups (broad SMARTS) is 1. The minimum atomic E-state index is -0.988. The second-order valence-electron chi connectivity index (χ2n) is 4.68. The van der Waals surface area contributed by atoms with E-state index in [-0.39, 0.29) is 5.91 Å². The van der Waals surface area contributed by atoms with Crippen LogP contribution in [-0.4, -0.2) is 22.5 Å². The molecule has 5 nitrogen and oxygen atoms in total. The number of anilines is 1. The summed E-state index contributed by atoms with van der Waals surface area (Å²) >= 11 is 0. The van der Waals surface area contributed by atoms with Crippen molar-refractivity contribution in [3.63, 3.8) is 0 Å². The van der Waals surface area contributed by atoms with Gasteiger partial charge in [-0.3, -0.25) is 4.79 Å². The molecule has 0 heterocycles. The predicted molar refractivity (Wildman–Crippen MR) is 66.9 cm³/mol. The molecule has 96 valence electrons. The van der Waals surface area contributed by atoms with Crippen LogP contribution in [0.3, 0.4) is 0 Å². The number of amides is 1. The average Bonchev–Trinajstić information content (AvgIpc) is 3.09. The van der Waals surface area contributed by atoms with Crippen LogP contribution in [0.2, 0.25) is 0 Å². The number of nitrogens with two attached hydrogens (primary N) is 1. The Morgan fingerprint density at radius 2 is 1.89 bits per heavy atom. The van der Waals surface area contributed by atoms with E-state index in [0.717, 1.165) is 5.56 Å². The van der Waals surface area contributed by atoms with Crippen molar-refractivity contribution < 1.29 is 14.7 Å². The number of nitrogens with one attached hydrogen (secondary N) is 1. The van der Waals surface area contributed by atoms with Crippen molar-refractivity contribution in [3.05, 3.63) is 29.8 Å². The SMILES string of the molecule is Nc1ccc(CCC(=O)NC2(C(=O)O)CC2)cc1. The Labute approximate surface area is 105 Å². The lowest BCUT2D eigenvalue weighted by Crippen LogP contribution is -2.43. The van der Waals surface area contributed by atoms with Gasteiger partial charge in [0.1, 0.15) is 5.54 Å². The number of rotatable bonds is 5. The van der Waals surface area contributed by atoms with Crippen molar-refractivity contribution in [3.8, 4) is 0 Å². The molecule has 0 radical (unpaired) electrons. The molecule has 1 aliphatic rings. The Morgan fingerprint density at radius 3 is 2.39 bits per heavy atom. The lowest BCUT2D eigenvalue weighted by atomic mass is 10.1. The first-order valence-corrected chi connectivity index (χ1v) is 5.91. The molecule has 2 rings (SSSR count). The molecule has 1 saturated carbocycles. The zero-order valence-electron chi connectivity index (χ0n) is 9.98. The molecule has 0 spiro atoms. The van der Waals surface area contributed by atoms with Gasteiger partial charge in [0.2, 0.25) is 5.91 Å². The molecule has 18 heavy (non-hydrogen) atoms. The summed E-state index contributed by atoms with van der Waals surface area (Å²) in [4.78, 5) is 22.5. The number of aryl methyl sites for hydroxylation is 1. The number of aliphatic carboxylic acids is 1. The highest BCUT2D eigenvalue weighted by Gasteiger charge is 2.51. The minimum absolute atomic E-state index is 0.216. The fraction of sp³-hybridized carbons (Fsp3) is 0.385. The number of nitrogen functional groups attached to an aromatic ring is 1. The molecule has 0 bridgehead atoms. The zero-order valence-corrected chi connectivity index (χ0v) is 9.98. The van der Waals surface area contributed by atoms with Crippen LogP contribution in [-0.2, 0) is 16.0 Å². The molecule has 0 saturated heterocycles. The maximum atomic E-state index is 11.6. The van der Waals surface area contributed by atoms with Crippen molar-refractivity contribution in [1.29, 1.82) is 0 Å². The molecular weight excluding hydrogens is 232 g/mol. The van der Waals surface area contributed by atoms with E-state index in [9.17, 15) is 9.59 Å². The highest BCUT2D eigenvalue weighted by Crippen LogP contribution is 2.35. The largest absolute Gasteiger partial charge is 0.480 e. The maximum absolute atomic E-state index is 11.6. The molecule has 1 aromatic carbocycles. The summed E-state index contributed by atoms with van der Waals surface area (Å²) in [6.07, 6.45) is 1.92. The third-order valence-electron chi connectivity index (χ3n) is 3.16. The van der Waals surface area contributed by atoms with Crippen LogP contribution in [0.15, 0.2) is 24.3 Å². The average molecular weight is 248 g/mol. The smallest absolute Gasteiger partial charge is 0.329 e. The van der Waals surface area contributed by atoms with E-state index in [1.54, 1.807) is 12.1 Å². The van der Waals surface area contributed by atoms with Gasteiger partial charge in [0.15, 0.2) is 0 Å². The highest BCUT2D eigenvalue weighted by atomic mass is 16.4. The second-order valence-corrected chi connectivity index (χ2v) is 4.68. The number of hydrogen-bond acceptors (Lipinski definition) is 3. The molecule has 0 aromatic heterocycles. The Morgan fingerprint density at radius 1 is 1.28 bits per heavy atom. The topological polar surface area (TPSA) is 92.4 Å². The quantitative estimate of drug-likeness (QED) is 0.676. The number of hydrogen-bond donors (Lipinski definition) is 3. The van der Waals surface area contributed by atoms with Crippen LogP contribution in [0, 0.1) is 0 Å². The third kappa shape index (κ3) is 2.80. The van der Waals surface area contributed by atoms with E-state index in [0.29, 0.717) is 31.4 Å². The van der Waals surface area contributed by atoms with Crippen LogP contribution in [0.1, 0.15) is 24.8 Å². The number of carbonyl (C=O) groups is 2. The number of benzene rings is 1. The molecule has 1 fully saturated rings. The van der Waals surface area contributed by atoms with Crippen molar-refractivity contribution >= 4 is 17.6 Å². The Kier molecular flexibility index (Phi) is 3.23. The molecule has 1 aliphatic carbocycles. The van der Waals surface area contributed by atoms with Gasteiger partial charge in [0.05, 0.1) is 0 Å². The van der Waals surface area contributed by atoms with Gasteiger partial charge in [-0.05, 0) is 37.0 Å². The van der Waals surface area contributed by atoms with E-state index < -0.39 is 11.5 Å². The van der Waals surface area contributed by atoms with Crippen molar-refractivity contribution in [2.24, 2.45) is 0 Å². The standard InChI is InChI=1S/C13H16N2O3/c14-10-4-1-9(2-5-10)3-6-11(16)15-13(7-8-13)12(17)18/h1-2,4-5H,3,6-8,14H2,(H,15,16)(H,17,18). The maximum Gasteiger partial charge on any atom is 0.329 e. The van der Waals surface area contributed by atoms with E-state index in [1.165, 1.54) is 0 Å². The van der Waals surface area contributed by atoms with Gasteiger partial charge >= 0.3 is 5.97 Å². The van der Waals surface area contributed by atoms with Crippen LogP contribution < -0.4 is 11.1 Å². The molecule has 0 atom stereocenters. The van der Waals surface area contributed by atoms with E-state index >= 15 is 0 Å². The minimum Gasteiger partial charge on any atom is -0.480 e. The first-order chi connectivity index (χ1) is 8.52. The van der Waals surface area contributed by atoms with Crippen LogP contribution in [0.5, 0.6) is 0 Å². The molecular formula is C13H16N2O3. The van der Waals surface area contributed by atoms with Crippen LogP contribution in [0.4, 0.5) is 5.69 Å². The fourth-order valence-corrected chi connectivity index (χ4v) is 1.79. The fourth-order valence-electron chi connectivity index (χ4n) is 1.79. The van der Waals surface area contributed by atoms with Crippen molar-refractivity contribution in [1.82, 2.24) is 5.32 Å². The van der Waals surface area contributed by atoms with Gasteiger partial charge < -0.3 is 16.2 Å². The van der Waals surface area contributed by atoms with Crippen molar-refractivity contribution in [2.45, 2.75) is 31.2 Å². The lowest BCUT2D eigenvalue weighted by molar-refractivity contribution is -0.143. The number of carboxylic acids is 1. The third-order valence-corrected chi connectivity index (χ3v) is 3.16. The summed E-state index contributed by atoms with van der Waals surface area (Å²) in [6.45, 7) is 0. The Balaban J connectivity index is 1.82. The Hall–Kier alpha value is -2.04. The molecule has 1 amide bonds. The van der Waals surface area contributed by atoms with Gasteiger partial charge in [-0.2, -0.15) is 0 Å². The van der Waals surface area contributed by atoms with Gasteiger partial charge in [-0.1, -0.05) is 12.1 Å². The normalized spacial score (nSPS) is 16.0. The molecule has 4 N–H and O–H groups in total. The van der Waals surface area contributed by atoms with Gasteiger partial charge in [0, 0.05) is 12.1 Å². The number of carbonyl (C=O) groups excluding carboxylic acids is 1. The van der Waals surface area contributed by atoms with E-state index in [4.69, 9.17) is 10.8 Å². The summed E-state index contributed by atoms with van der Waals surface area (Å²) in [5.41, 5.74) is 6.27. The summed E-state index contributed by atoms with van der Waals surface area (Å²) in [5, 5.41) is 11.5. The van der Waals surface area contributed by atoms with Gasteiger partial charge in [-0.15, -0.1) is 0 Å². The first-order valence-electron chi connectivity index (χ1n) is 5.91. The Bertz CT molecular complexity index is 464. The highest BCUT2D eigenvalue weighted by molar-refractivity contribution is 5.89. The van der Waals surface area contributed by atoms with Crippen LogP contribution in [0.25, 0.3) is 0 Å². The van der Waals surface area contributed by atoms with Gasteiger partial charge in [-0.25, -0.2) is 4.79 Å². The first kappa shape index (κ1) is 12.4. The van der Waals surface area contributed by atoms with E-state index in [1.807, 2.05) is 12.1 Å². The van der Waals surface area contributed by atoms with Gasteiger partial charge in [0.25, 0.3) is 0 Å². The summed E-state index contributed by atoms with van der Waals surface area (Å²) in [7, 11) is 0. The second kappa shape index (κ2) is 4.68. The van der Waals surface area contributed by atoms with E-state index in [2.05, 4.69) is 5.32 Å².